The highest BCUT2D eigenvalue weighted by Gasteiger charge is 2.28. The van der Waals surface area contributed by atoms with Crippen molar-refractivity contribution in [3.05, 3.63) is 29.8 Å². The molecule has 0 amide bonds. The molecule has 1 N–H and O–H groups in total. The van der Waals surface area contributed by atoms with Crippen LogP contribution in [0.5, 0.6) is 5.75 Å². The molecule has 0 radical (unpaired) electrons. The monoisotopic (exact) mass is 264 g/mol. The van der Waals surface area contributed by atoms with Gasteiger partial charge in [0.2, 0.25) is 0 Å². The maximum absolute atomic E-state index is 9.72. The maximum atomic E-state index is 9.72. The Bertz CT molecular complexity index is 357. The zero-order valence-corrected chi connectivity index (χ0v) is 11.7. The van der Waals surface area contributed by atoms with Crippen molar-refractivity contribution in [1.29, 1.82) is 0 Å². The van der Waals surface area contributed by atoms with Crippen LogP contribution in [0.15, 0.2) is 24.3 Å². The summed E-state index contributed by atoms with van der Waals surface area (Å²) in [6.07, 6.45) is 5.38. The van der Waals surface area contributed by atoms with Gasteiger partial charge in [0, 0.05) is 6.61 Å². The highest BCUT2D eigenvalue weighted by Crippen LogP contribution is 2.34. The van der Waals surface area contributed by atoms with Crippen LogP contribution in [-0.2, 0) is 11.3 Å². The Balaban J connectivity index is 1.51. The van der Waals surface area contributed by atoms with Crippen LogP contribution in [0.4, 0.5) is 0 Å². The number of benzene rings is 1. The van der Waals surface area contributed by atoms with E-state index in [0.717, 1.165) is 31.6 Å². The van der Waals surface area contributed by atoms with Gasteiger partial charge in [-0.1, -0.05) is 12.1 Å². The van der Waals surface area contributed by atoms with E-state index in [1.807, 2.05) is 24.3 Å². The number of aliphatic hydroxyl groups is 1. The summed E-state index contributed by atoms with van der Waals surface area (Å²) >= 11 is 0. The Morgan fingerprint density at radius 1 is 1.21 bits per heavy atom. The molecule has 106 valence electrons. The van der Waals surface area contributed by atoms with Crippen LogP contribution in [0, 0.1) is 5.92 Å². The first-order valence-electron chi connectivity index (χ1n) is 7.18. The lowest BCUT2D eigenvalue weighted by atomic mass is 10.1. The van der Waals surface area contributed by atoms with E-state index in [9.17, 15) is 5.11 Å². The minimum Gasteiger partial charge on any atom is -0.497 e. The zero-order chi connectivity index (χ0) is 13.5. The van der Waals surface area contributed by atoms with Crippen LogP contribution < -0.4 is 4.74 Å². The molecule has 0 heterocycles. The van der Waals surface area contributed by atoms with E-state index < -0.39 is 0 Å². The molecule has 2 rings (SSSR count). The summed E-state index contributed by atoms with van der Waals surface area (Å²) in [5.41, 5.74) is 1.17. The van der Waals surface area contributed by atoms with E-state index in [2.05, 4.69) is 0 Å². The van der Waals surface area contributed by atoms with Crippen molar-refractivity contribution in [2.75, 3.05) is 13.7 Å². The molecule has 1 aliphatic carbocycles. The third-order valence-corrected chi connectivity index (χ3v) is 3.63. The topological polar surface area (TPSA) is 38.7 Å². The summed E-state index contributed by atoms with van der Waals surface area (Å²) in [5, 5.41) is 9.72. The molecule has 0 aromatic heterocycles. The zero-order valence-electron chi connectivity index (χ0n) is 11.7. The van der Waals surface area contributed by atoms with Gasteiger partial charge in [-0.3, -0.25) is 0 Å². The molecule has 0 bridgehead atoms. The van der Waals surface area contributed by atoms with Gasteiger partial charge in [-0.25, -0.2) is 0 Å². The van der Waals surface area contributed by atoms with Gasteiger partial charge in [-0.05, 0) is 55.7 Å². The second-order valence-corrected chi connectivity index (χ2v) is 5.30. The van der Waals surface area contributed by atoms with Crippen LogP contribution in [0.2, 0.25) is 0 Å². The number of aliphatic hydroxyl groups excluding tert-OH is 1. The molecule has 1 atom stereocenters. The molecule has 1 unspecified atom stereocenters. The molecule has 1 saturated carbocycles. The molecule has 1 aromatic rings. The van der Waals surface area contributed by atoms with Crippen LogP contribution in [0.3, 0.4) is 0 Å². The van der Waals surface area contributed by atoms with Crippen molar-refractivity contribution in [2.24, 2.45) is 5.92 Å². The highest BCUT2D eigenvalue weighted by molar-refractivity contribution is 5.26. The Morgan fingerprint density at radius 2 is 1.95 bits per heavy atom. The van der Waals surface area contributed by atoms with E-state index in [1.165, 1.54) is 18.4 Å². The Hall–Kier alpha value is -1.06. The van der Waals surface area contributed by atoms with Crippen molar-refractivity contribution in [3.63, 3.8) is 0 Å². The second-order valence-electron chi connectivity index (χ2n) is 5.30. The van der Waals surface area contributed by atoms with Crippen molar-refractivity contribution in [3.8, 4) is 5.75 Å². The van der Waals surface area contributed by atoms with E-state index in [1.54, 1.807) is 7.11 Å². The molecule has 0 saturated heterocycles. The Kier molecular flexibility index (Phi) is 5.67. The maximum Gasteiger partial charge on any atom is 0.118 e. The van der Waals surface area contributed by atoms with Crippen LogP contribution >= 0.6 is 0 Å². The van der Waals surface area contributed by atoms with Gasteiger partial charge < -0.3 is 14.6 Å². The third-order valence-electron chi connectivity index (χ3n) is 3.63. The first-order chi connectivity index (χ1) is 9.29. The summed E-state index contributed by atoms with van der Waals surface area (Å²) < 4.78 is 10.7. The van der Waals surface area contributed by atoms with E-state index in [0.29, 0.717) is 12.5 Å². The number of hydrogen-bond donors (Lipinski definition) is 1. The molecule has 0 aliphatic heterocycles. The van der Waals surface area contributed by atoms with Gasteiger partial charge in [-0.2, -0.15) is 0 Å². The molecule has 1 fully saturated rings. The lowest BCUT2D eigenvalue weighted by molar-refractivity contribution is 0.105. The second kappa shape index (κ2) is 7.51. The van der Waals surface area contributed by atoms with Crippen LogP contribution in [-0.4, -0.2) is 24.9 Å². The predicted molar refractivity (Wildman–Crippen MR) is 75.2 cm³/mol. The Morgan fingerprint density at radius 3 is 2.58 bits per heavy atom. The normalized spacial score (nSPS) is 16.3. The Labute approximate surface area is 115 Å². The fourth-order valence-corrected chi connectivity index (χ4v) is 2.19. The minimum atomic E-state index is -0.0680. The summed E-state index contributed by atoms with van der Waals surface area (Å²) in [6, 6.07) is 7.95. The summed E-state index contributed by atoms with van der Waals surface area (Å²) in [6.45, 7) is 1.42. The van der Waals surface area contributed by atoms with Crippen molar-refractivity contribution in [2.45, 2.75) is 44.8 Å². The van der Waals surface area contributed by atoms with Gasteiger partial charge >= 0.3 is 0 Å². The average molecular weight is 264 g/mol. The molecule has 1 aliphatic rings. The SMILES string of the molecule is COc1ccc(COCCCCC(O)C2CC2)cc1. The molecule has 3 nitrogen and oxygen atoms in total. The quantitative estimate of drug-likeness (QED) is 0.696. The number of ether oxygens (including phenoxy) is 2. The van der Waals surface area contributed by atoms with Gasteiger partial charge in [0.1, 0.15) is 5.75 Å². The van der Waals surface area contributed by atoms with E-state index in [-0.39, 0.29) is 6.10 Å². The molecule has 19 heavy (non-hydrogen) atoms. The van der Waals surface area contributed by atoms with E-state index >= 15 is 0 Å². The summed E-state index contributed by atoms with van der Waals surface area (Å²) in [4.78, 5) is 0. The van der Waals surface area contributed by atoms with Crippen LogP contribution in [0.25, 0.3) is 0 Å². The van der Waals surface area contributed by atoms with E-state index in [4.69, 9.17) is 9.47 Å². The summed E-state index contributed by atoms with van der Waals surface area (Å²) in [5.74, 6) is 1.47. The smallest absolute Gasteiger partial charge is 0.118 e. The predicted octanol–water partition coefficient (Wildman–Crippen LogP) is 3.15. The fraction of sp³-hybridized carbons (Fsp3) is 0.625. The fourth-order valence-electron chi connectivity index (χ4n) is 2.19. The molecule has 0 spiro atoms. The number of unbranched alkanes of at least 4 members (excludes halogenated alkanes) is 1. The third kappa shape index (κ3) is 5.21. The largest absolute Gasteiger partial charge is 0.497 e. The molecule has 3 heteroatoms. The first kappa shape index (κ1) is 14.4. The number of hydrogen-bond acceptors (Lipinski definition) is 3. The molecular formula is C16H24O3. The lowest BCUT2D eigenvalue weighted by Gasteiger charge is -2.09. The van der Waals surface area contributed by atoms with Crippen molar-refractivity contribution >= 4 is 0 Å². The highest BCUT2D eigenvalue weighted by atomic mass is 16.5. The van der Waals surface area contributed by atoms with Gasteiger partial charge in [-0.15, -0.1) is 0 Å². The molecular weight excluding hydrogens is 240 g/mol. The minimum absolute atomic E-state index is 0.0680. The number of rotatable bonds is 9. The van der Waals surface area contributed by atoms with Gasteiger partial charge in [0.15, 0.2) is 0 Å². The standard InChI is InChI=1S/C16H24O3/c1-18-15-9-5-13(6-10-15)12-19-11-3-2-4-16(17)14-7-8-14/h5-6,9-10,14,16-17H,2-4,7-8,11-12H2,1H3. The van der Waals surface area contributed by atoms with Crippen molar-refractivity contribution in [1.82, 2.24) is 0 Å². The van der Waals surface area contributed by atoms with Crippen LogP contribution in [0.1, 0.15) is 37.7 Å². The van der Waals surface area contributed by atoms with Crippen molar-refractivity contribution < 1.29 is 14.6 Å². The van der Waals surface area contributed by atoms with Gasteiger partial charge in [0.05, 0.1) is 19.8 Å². The first-order valence-corrected chi connectivity index (χ1v) is 7.18. The lowest BCUT2D eigenvalue weighted by Crippen LogP contribution is -2.09. The molecule has 1 aromatic carbocycles. The van der Waals surface area contributed by atoms with Gasteiger partial charge in [0.25, 0.3) is 0 Å². The summed E-state index contributed by atoms with van der Waals surface area (Å²) in [7, 11) is 1.67. The average Bonchev–Trinajstić information content (AvgIpc) is 3.27. The number of methoxy groups -OCH3 is 1.